The first kappa shape index (κ1) is 17.4. The van der Waals surface area contributed by atoms with Crippen LogP contribution in [0.2, 0.25) is 0 Å². The Bertz CT molecular complexity index is 154. The summed E-state index contributed by atoms with van der Waals surface area (Å²) in [6.07, 6.45) is 5.52. The van der Waals surface area contributed by atoms with E-state index in [1.165, 1.54) is 25.7 Å². The van der Waals surface area contributed by atoms with Crippen LogP contribution in [0.3, 0.4) is 0 Å². The molecule has 0 aliphatic carbocycles. The topological polar surface area (TPSA) is 0 Å². The molecule has 0 nitrogen and oxygen atoms in total. The second-order valence-electron chi connectivity index (χ2n) is 6.24. The van der Waals surface area contributed by atoms with Crippen molar-refractivity contribution < 1.29 is 0 Å². The third-order valence-electron chi connectivity index (χ3n) is 5.86. The molecule has 0 aromatic rings. The van der Waals surface area contributed by atoms with Gasteiger partial charge in [0.1, 0.15) is 0 Å². The van der Waals surface area contributed by atoms with Crippen LogP contribution in [0.1, 0.15) is 81.1 Å². The van der Waals surface area contributed by atoms with E-state index in [4.69, 9.17) is 0 Å². The zero-order valence-electron chi connectivity index (χ0n) is 13.6. The van der Waals surface area contributed by atoms with E-state index in [2.05, 4.69) is 55.4 Å². The van der Waals surface area contributed by atoms with E-state index >= 15 is 0 Å². The van der Waals surface area contributed by atoms with Crippen LogP contribution in [0.25, 0.3) is 0 Å². The Hall–Kier alpha value is 0.430. The normalized spacial score (nSPS) is 20.7. The summed E-state index contributed by atoms with van der Waals surface area (Å²) in [5, 5.41) is 0. The molecule has 4 unspecified atom stereocenters. The molecule has 0 bridgehead atoms. The summed E-state index contributed by atoms with van der Waals surface area (Å²) < 4.78 is 0. The molecule has 0 aliphatic rings. The Morgan fingerprint density at radius 2 is 0.706 bits per heavy atom. The first-order chi connectivity index (χ1) is 7.93. The minimum atomic E-state index is -1.21. The van der Waals surface area contributed by atoms with E-state index in [0.717, 1.165) is 22.6 Å². The van der Waals surface area contributed by atoms with Gasteiger partial charge in [-0.2, -0.15) is 0 Å². The molecule has 0 N–H and O–H groups in total. The Labute approximate surface area is 111 Å². The summed E-state index contributed by atoms with van der Waals surface area (Å²) in [5.41, 5.74) is 3.90. The molecule has 0 fully saturated rings. The average molecular weight is 260 g/mol. The molecule has 0 heterocycles. The fraction of sp³-hybridized carbons (Fsp3) is 1.00. The van der Waals surface area contributed by atoms with Crippen molar-refractivity contribution in [2.24, 2.45) is 0 Å². The minimum absolute atomic E-state index is 0.974. The first-order valence-electron chi connectivity index (χ1n) is 7.93. The van der Waals surface area contributed by atoms with Gasteiger partial charge in [-0.25, -0.2) is 0 Å². The van der Waals surface area contributed by atoms with E-state index in [0.29, 0.717) is 0 Å². The number of hydrogen-bond acceptors (Lipinski definition) is 0. The van der Waals surface area contributed by atoms with Gasteiger partial charge in [0.25, 0.3) is 0 Å². The standard InChI is InChI=1S/C16H37P/c1-9-13(5)17(14(6)10-2,15(7)11-3)16(8)12-4/h13-17H,9-12H2,1-8H3. The van der Waals surface area contributed by atoms with Gasteiger partial charge < -0.3 is 0 Å². The Morgan fingerprint density at radius 3 is 0.824 bits per heavy atom. The molecule has 0 spiro atoms. The Balaban J connectivity index is 5.51. The quantitative estimate of drug-likeness (QED) is 0.474. The van der Waals surface area contributed by atoms with Gasteiger partial charge in [-0.3, -0.25) is 0 Å². The molecular weight excluding hydrogens is 223 g/mol. The maximum atomic E-state index is 2.55. The van der Waals surface area contributed by atoms with Crippen LogP contribution in [0.5, 0.6) is 0 Å². The van der Waals surface area contributed by atoms with E-state index in [-0.39, 0.29) is 0 Å². The van der Waals surface area contributed by atoms with E-state index in [9.17, 15) is 0 Å². The van der Waals surface area contributed by atoms with Gasteiger partial charge in [-0.05, 0) is 0 Å². The van der Waals surface area contributed by atoms with E-state index < -0.39 is 7.26 Å². The second kappa shape index (κ2) is 7.78. The summed E-state index contributed by atoms with van der Waals surface area (Å²) in [4.78, 5) is 0. The van der Waals surface area contributed by atoms with Crippen molar-refractivity contribution >= 4 is 7.26 Å². The fourth-order valence-corrected chi connectivity index (χ4v) is 13.0. The molecule has 0 saturated heterocycles. The molecule has 0 radical (unpaired) electrons. The summed E-state index contributed by atoms with van der Waals surface area (Å²) in [7, 11) is -1.21. The van der Waals surface area contributed by atoms with Crippen LogP contribution >= 0.6 is 7.26 Å². The van der Waals surface area contributed by atoms with Crippen LogP contribution in [0.15, 0.2) is 0 Å². The molecule has 0 rings (SSSR count). The zero-order valence-corrected chi connectivity index (χ0v) is 14.6. The second-order valence-corrected chi connectivity index (χ2v) is 12.2. The molecule has 0 aromatic heterocycles. The van der Waals surface area contributed by atoms with Crippen molar-refractivity contribution in [3.8, 4) is 0 Å². The monoisotopic (exact) mass is 260 g/mol. The van der Waals surface area contributed by atoms with Crippen LogP contribution in [-0.4, -0.2) is 22.6 Å². The van der Waals surface area contributed by atoms with Gasteiger partial charge in [0.2, 0.25) is 0 Å². The maximum absolute atomic E-state index is 2.55. The molecule has 1 heteroatoms. The van der Waals surface area contributed by atoms with Crippen molar-refractivity contribution in [2.45, 2.75) is 104 Å². The molecule has 4 atom stereocenters. The summed E-state index contributed by atoms with van der Waals surface area (Å²) in [5.74, 6) is 0. The van der Waals surface area contributed by atoms with Crippen LogP contribution in [0, 0.1) is 0 Å². The van der Waals surface area contributed by atoms with Gasteiger partial charge >= 0.3 is 111 Å². The van der Waals surface area contributed by atoms with Gasteiger partial charge in [0, 0.05) is 0 Å². The Kier molecular flexibility index (Phi) is 7.97. The molecular formula is C16H37P. The SMILES string of the molecule is CCC(C)[PH](C(C)CC)(C(C)CC)C(C)CC. The van der Waals surface area contributed by atoms with Crippen molar-refractivity contribution in [1.29, 1.82) is 0 Å². The third kappa shape index (κ3) is 3.25. The predicted octanol–water partition coefficient (Wildman–Crippen LogP) is 5.93. The molecule has 0 aliphatic heterocycles. The third-order valence-corrected chi connectivity index (χ3v) is 14.3. The van der Waals surface area contributed by atoms with Gasteiger partial charge in [0.05, 0.1) is 0 Å². The van der Waals surface area contributed by atoms with Crippen LogP contribution < -0.4 is 0 Å². The predicted molar refractivity (Wildman–Crippen MR) is 87.3 cm³/mol. The fourth-order valence-electron chi connectivity index (χ4n) is 4.33. The summed E-state index contributed by atoms with van der Waals surface area (Å²) in [6, 6.07) is 0. The van der Waals surface area contributed by atoms with Crippen molar-refractivity contribution in [1.82, 2.24) is 0 Å². The van der Waals surface area contributed by atoms with Gasteiger partial charge in [-0.1, -0.05) is 0 Å². The molecule has 17 heavy (non-hydrogen) atoms. The van der Waals surface area contributed by atoms with Crippen LogP contribution in [0.4, 0.5) is 0 Å². The molecule has 0 amide bonds. The summed E-state index contributed by atoms with van der Waals surface area (Å²) >= 11 is 0. The first-order valence-corrected chi connectivity index (χ1v) is 10.2. The average Bonchev–Trinajstić information content (AvgIpc) is 2.37. The van der Waals surface area contributed by atoms with Gasteiger partial charge in [0.15, 0.2) is 0 Å². The number of rotatable bonds is 8. The van der Waals surface area contributed by atoms with E-state index in [1.54, 1.807) is 0 Å². The molecule has 0 aromatic carbocycles. The van der Waals surface area contributed by atoms with E-state index in [1.807, 2.05) is 0 Å². The zero-order chi connectivity index (χ0) is 13.6. The van der Waals surface area contributed by atoms with Gasteiger partial charge in [-0.15, -0.1) is 0 Å². The number of hydrogen-bond donors (Lipinski definition) is 0. The van der Waals surface area contributed by atoms with Crippen molar-refractivity contribution in [2.75, 3.05) is 0 Å². The van der Waals surface area contributed by atoms with Crippen molar-refractivity contribution in [3.63, 3.8) is 0 Å². The Morgan fingerprint density at radius 1 is 0.529 bits per heavy atom. The molecule has 0 saturated carbocycles. The molecule has 106 valence electrons. The van der Waals surface area contributed by atoms with Crippen molar-refractivity contribution in [3.05, 3.63) is 0 Å². The van der Waals surface area contributed by atoms with Crippen LogP contribution in [-0.2, 0) is 0 Å². The summed E-state index contributed by atoms with van der Waals surface area (Å²) in [6.45, 7) is 19.8.